The number of phenolic OH excluding ortho intramolecular Hbond substituents is 1. The van der Waals surface area contributed by atoms with E-state index in [9.17, 15) is 13.5 Å². The van der Waals surface area contributed by atoms with Gasteiger partial charge in [0.25, 0.3) is 0 Å². The summed E-state index contributed by atoms with van der Waals surface area (Å²) in [6.45, 7) is 2.15. The number of methoxy groups -OCH3 is 1. The highest BCUT2D eigenvalue weighted by molar-refractivity contribution is 7.89. The van der Waals surface area contributed by atoms with Crippen molar-refractivity contribution in [1.82, 2.24) is 4.72 Å². The zero-order valence-electron chi connectivity index (χ0n) is 9.88. The molecule has 0 spiro atoms. The summed E-state index contributed by atoms with van der Waals surface area (Å²) in [7, 11) is -2.19. The minimum atomic E-state index is -3.70. The first-order valence-electron chi connectivity index (χ1n) is 5.30. The first kappa shape index (κ1) is 14.0. The number of para-hydroxylation sites is 1. The van der Waals surface area contributed by atoms with Crippen LogP contribution in [0.15, 0.2) is 29.2 Å². The molecule has 0 aromatic heterocycles. The van der Waals surface area contributed by atoms with Gasteiger partial charge in [0.2, 0.25) is 10.0 Å². The quantitative estimate of drug-likeness (QED) is 0.802. The number of nitrogens with one attached hydrogen (secondary N) is 1. The lowest BCUT2D eigenvalue weighted by Gasteiger charge is -2.16. The predicted octanol–water partition coefficient (Wildman–Crippen LogP) is 1.10. The van der Waals surface area contributed by atoms with Crippen LogP contribution in [-0.4, -0.2) is 33.3 Å². The fourth-order valence-electron chi connectivity index (χ4n) is 1.40. The number of ether oxygens (including phenoxy) is 1. The molecular formula is C11H17NO4S. The number of hydrogen-bond donors (Lipinski definition) is 2. The van der Waals surface area contributed by atoms with Crippen molar-refractivity contribution in [2.24, 2.45) is 0 Å². The molecule has 0 bridgehead atoms. The summed E-state index contributed by atoms with van der Waals surface area (Å²) in [5, 5.41) is 9.51. The molecule has 5 nitrogen and oxygen atoms in total. The van der Waals surface area contributed by atoms with E-state index in [4.69, 9.17) is 4.74 Å². The molecule has 0 aliphatic heterocycles. The fourth-order valence-corrected chi connectivity index (χ4v) is 2.81. The van der Waals surface area contributed by atoms with Crippen LogP contribution < -0.4 is 4.72 Å². The van der Waals surface area contributed by atoms with Crippen LogP contribution in [0, 0.1) is 0 Å². The number of sulfonamides is 1. The second-order valence-electron chi connectivity index (χ2n) is 3.65. The SMILES string of the molecule is CCC(COC)NS(=O)(=O)c1ccccc1O. The van der Waals surface area contributed by atoms with Crippen molar-refractivity contribution in [3.8, 4) is 5.75 Å². The Bertz CT molecular complexity index is 458. The molecular weight excluding hydrogens is 242 g/mol. The second kappa shape index (κ2) is 6.00. The minimum absolute atomic E-state index is 0.116. The number of aromatic hydroxyl groups is 1. The summed E-state index contributed by atoms with van der Waals surface area (Å²) in [6, 6.07) is 5.53. The van der Waals surface area contributed by atoms with E-state index in [-0.39, 0.29) is 16.7 Å². The molecule has 1 atom stereocenters. The third kappa shape index (κ3) is 3.69. The van der Waals surface area contributed by atoms with Crippen LogP contribution in [0.1, 0.15) is 13.3 Å². The van der Waals surface area contributed by atoms with E-state index < -0.39 is 10.0 Å². The van der Waals surface area contributed by atoms with E-state index in [2.05, 4.69) is 4.72 Å². The minimum Gasteiger partial charge on any atom is -0.507 e. The Kier molecular flexibility index (Phi) is 4.92. The summed E-state index contributed by atoms with van der Waals surface area (Å²) in [6.07, 6.45) is 0.612. The van der Waals surface area contributed by atoms with E-state index in [0.717, 1.165) is 0 Å². The first-order chi connectivity index (χ1) is 8.01. The molecule has 0 heterocycles. The molecule has 0 aliphatic carbocycles. The Balaban J connectivity index is 2.92. The molecule has 0 saturated carbocycles. The van der Waals surface area contributed by atoms with Gasteiger partial charge in [0, 0.05) is 13.2 Å². The molecule has 1 aromatic carbocycles. The molecule has 2 N–H and O–H groups in total. The molecule has 17 heavy (non-hydrogen) atoms. The largest absolute Gasteiger partial charge is 0.507 e. The van der Waals surface area contributed by atoms with Crippen LogP contribution in [0.2, 0.25) is 0 Å². The smallest absolute Gasteiger partial charge is 0.244 e. The Hall–Kier alpha value is -1.11. The Morgan fingerprint density at radius 1 is 1.41 bits per heavy atom. The highest BCUT2D eigenvalue weighted by Crippen LogP contribution is 2.21. The molecule has 0 saturated heterocycles. The van der Waals surface area contributed by atoms with E-state index >= 15 is 0 Å². The van der Waals surface area contributed by atoms with Crippen molar-refractivity contribution in [2.45, 2.75) is 24.3 Å². The van der Waals surface area contributed by atoms with Gasteiger partial charge in [0.1, 0.15) is 10.6 Å². The highest BCUT2D eigenvalue weighted by atomic mass is 32.2. The number of phenols is 1. The maximum Gasteiger partial charge on any atom is 0.244 e. The van der Waals surface area contributed by atoms with Crippen LogP contribution >= 0.6 is 0 Å². The van der Waals surface area contributed by atoms with Crippen molar-refractivity contribution in [3.05, 3.63) is 24.3 Å². The molecule has 0 aliphatic rings. The van der Waals surface area contributed by atoms with Gasteiger partial charge >= 0.3 is 0 Å². The monoisotopic (exact) mass is 259 g/mol. The summed E-state index contributed by atoms with van der Waals surface area (Å²) < 4.78 is 31.3. The van der Waals surface area contributed by atoms with Gasteiger partial charge in [0.05, 0.1) is 6.61 Å². The van der Waals surface area contributed by atoms with Crippen LogP contribution in [0.3, 0.4) is 0 Å². The van der Waals surface area contributed by atoms with Crippen LogP contribution in [0.4, 0.5) is 0 Å². The van der Waals surface area contributed by atoms with Crippen LogP contribution in [0.5, 0.6) is 5.75 Å². The van der Waals surface area contributed by atoms with Gasteiger partial charge in [-0.15, -0.1) is 0 Å². The lowest BCUT2D eigenvalue weighted by Crippen LogP contribution is -2.37. The molecule has 96 valence electrons. The third-order valence-electron chi connectivity index (χ3n) is 2.34. The summed E-state index contributed by atoms with van der Waals surface area (Å²) >= 11 is 0. The van der Waals surface area contributed by atoms with Gasteiger partial charge in [0.15, 0.2) is 0 Å². The number of rotatable bonds is 6. The number of benzene rings is 1. The molecule has 0 fully saturated rings. The summed E-state index contributed by atoms with van der Waals surface area (Å²) in [5.74, 6) is -0.257. The van der Waals surface area contributed by atoms with Gasteiger partial charge in [-0.1, -0.05) is 19.1 Å². The normalized spacial score (nSPS) is 13.5. The molecule has 6 heteroatoms. The molecule has 0 amide bonds. The van der Waals surface area contributed by atoms with E-state index in [1.807, 2.05) is 6.92 Å². The van der Waals surface area contributed by atoms with E-state index in [1.54, 1.807) is 12.1 Å². The van der Waals surface area contributed by atoms with Crippen LogP contribution in [0.25, 0.3) is 0 Å². The first-order valence-corrected chi connectivity index (χ1v) is 6.78. The average molecular weight is 259 g/mol. The van der Waals surface area contributed by atoms with Crippen molar-refractivity contribution >= 4 is 10.0 Å². The zero-order chi connectivity index (χ0) is 12.9. The summed E-state index contributed by atoms with van der Waals surface area (Å²) in [4.78, 5) is -0.116. The molecule has 1 rings (SSSR count). The van der Waals surface area contributed by atoms with Crippen molar-refractivity contribution in [3.63, 3.8) is 0 Å². The topological polar surface area (TPSA) is 75.6 Å². The van der Waals surface area contributed by atoms with E-state index in [1.165, 1.54) is 19.2 Å². The second-order valence-corrected chi connectivity index (χ2v) is 5.33. The van der Waals surface area contributed by atoms with Gasteiger partial charge in [-0.25, -0.2) is 13.1 Å². The van der Waals surface area contributed by atoms with Gasteiger partial charge < -0.3 is 9.84 Å². The molecule has 1 unspecified atom stereocenters. The third-order valence-corrected chi connectivity index (χ3v) is 3.91. The average Bonchev–Trinajstić information content (AvgIpc) is 2.28. The van der Waals surface area contributed by atoms with Crippen molar-refractivity contribution < 1.29 is 18.3 Å². The maximum absolute atomic E-state index is 12.0. The summed E-state index contributed by atoms with van der Waals surface area (Å²) in [5.41, 5.74) is 0. The van der Waals surface area contributed by atoms with Crippen LogP contribution in [-0.2, 0) is 14.8 Å². The van der Waals surface area contributed by atoms with Gasteiger partial charge in [-0.05, 0) is 18.6 Å². The molecule has 0 radical (unpaired) electrons. The maximum atomic E-state index is 12.0. The zero-order valence-corrected chi connectivity index (χ0v) is 10.7. The number of hydrogen-bond acceptors (Lipinski definition) is 4. The fraction of sp³-hybridized carbons (Fsp3) is 0.455. The van der Waals surface area contributed by atoms with Crippen molar-refractivity contribution in [2.75, 3.05) is 13.7 Å². The van der Waals surface area contributed by atoms with Crippen molar-refractivity contribution in [1.29, 1.82) is 0 Å². The van der Waals surface area contributed by atoms with Gasteiger partial charge in [-0.2, -0.15) is 0 Å². The standard InChI is InChI=1S/C11H17NO4S/c1-3-9(8-16-2)12-17(14,15)11-7-5-4-6-10(11)13/h4-7,9,12-13H,3,8H2,1-2H3. The van der Waals surface area contributed by atoms with Gasteiger partial charge in [-0.3, -0.25) is 0 Å². The Morgan fingerprint density at radius 3 is 2.59 bits per heavy atom. The predicted molar refractivity (Wildman–Crippen MR) is 64.4 cm³/mol. The molecule has 1 aromatic rings. The Morgan fingerprint density at radius 2 is 2.06 bits per heavy atom. The van der Waals surface area contributed by atoms with E-state index in [0.29, 0.717) is 13.0 Å². The lowest BCUT2D eigenvalue weighted by molar-refractivity contribution is 0.173. The highest BCUT2D eigenvalue weighted by Gasteiger charge is 2.21. The lowest BCUT2D eigenvalue weighted by atomic mass is 10.3. The Labute approximate surface area is 101 Å².